The first-order valence-corrected chi connectivity index (χ1v) is 6.98. The molecule has 1 aliphatic rings. The Kier molecular flexibility index (Phi) is 4.98. The van der Waals surface area contributed by atoms with Gasteiger partial charge >= 0.3 is 5.97 Å². The van der Waals surface area contributed by atoms with Crippen LogP contribution in [0.25, 0.3) is 0 Å². The molecular formula is C15H22N2O3. The summed E-state index contributed by atoms with van der Waals surface area (Å²) in [4.78, 5) is 13.3. The minimum atomic E-state index is -0.942. The number of likely N-dealkylation sites (tertiary alicyclic amines) is 1. The van der Waals surface area contributed by atoms with Crippen LogP contribution in [-0.4, -0.2) is 42.2 Å². The lowest BCUT2D eigenvalue weighted by Gasteiger charge is -2.29. The zero-order valence-corrected chi connectivity index (χ0v) is 11.8. The summed E-state index contributed by atoms with van der Waals surface area (Å²) in [5, 5.41) is 9.04. The van der Waals surface area contributed by atoms with E-state index in [2.05, 4.69) is 4.90 Å². The molecule has 0 saturated carbocycles. The van der Waals surface area contributed by atoms with Crippen LogP contribution < -0.4 is 10.5 Å². The van der Waals surface area contributed by atoms with Crippen LogP contribution in [-0.2, 0) is 4.79 Å². The first kappa shape index (κ1) is 14.8. The molecule has 0 radical (unpaired) electrons. The Labute approximate surface area is 119 Å². The Hall–Kier alpha value is -1.59. The lowest BCUT2D eigenvalue weighted by Crippen LogP contribution is -2.36. The first-order valence-electron chi connectivity index (χ1n) is 6.98. The van der Waals surface area contributed by atoms with Crippen molar-refractivity contribution in [3.63, 3.8) is 0 Å². The van der Waals surface area contributed by atoms with E-state index in [0.29, 0.717) is 6.42 Å². The molecule has 1 saturated heterocycles. The molecule has 0 spiro atoms. The molecule has 110 valence electrons. The molecule has 5 nitrogen and oxygen atoms in total. The van der Waals surface area contributed by atoms with E-state index in [0.717, 1.165) is 37.2 Å². The van der Waals surface area contributed by atoms with E-state index < -0.39 is 12.0 Å². The summed E-state index contributed by atoms with van der Waals surface area (Å²) in [5.41, 5.74) is 6.83. The Balaban J connectivity index is 2.17. The zero-order valence-electron chi connectivity index (χ0n) is 11.8. The smallest absolute Gasteiger partial charge is 0.320 e. The molecule has 1 aromatic carbocycles. The number of carboxylic acid groups (broad SMARTS) is 1. The lowest BCUT2D eigenvalue weighted by atomic mass is 9.98. The maximum Gasteiger partial charge on any atom is 0.320 e. The van der Waals surface area contributed by atoms with E-state index in [4.69, 9.17) is 15.6 Å². The third-order valence-corrected chi connectivity index (χ3v) is 3.88. The highest BCUT2D eigenvalue weighted by atomic mass is 16.5. The second-order valence-electron chi connectivity index (χ2n) is 5.21. The molecule has 20 heavy (non-hydrogen) atoms. The van der Waals surface area contributed by atoms with E-state index in [1.54, 1.807) is 7.11 Å². The van der Waals surface area contributed by atoms with Gasteiger partial charge in [-0.1, -0.05) is 12.1 Å². The van der Waals surface area contributed by atoms with Gasteiger partial charge in [0.15, 0.2) is 0 Å². The SMILES string of the molecule is COc1ccc([C@@H](C[C@@H](N)C(=O)O)N2CCCC2)cc1. The van der Waals surface area contributed by atoms with Crippen LogP contribution in [0.2, 0.25) is 0 Å². The monoisotopic (exact) mass is 278 g/mol. The maximum atomic E-state index is 11.0. The van der Waals surface area contributed by atoms with Gasteiger partial charge in [0.2, 0.25) is 0 Å². The van der Waals surface area contributed by atoms with Crippen molar-refractivity contribution >= 4 is 5.97 Å². The fraction of sp³-hybridized carbons (Fsp3) is 0.533. The van der Waals surface area contributed by atoms with Crippen molar-refractivity contribution in [1.82, 2.24) is 4.90 Å². The molecular weight excluding hydrogens is 256 g/mol. The second kappa shape index (κ2) is 6.72. The summed E-state index contributed by atoms with van der Waals surface area (Å²) in [7, 11) is 1.63. The molecule has 0 amide bonds. The fourth-order valence-electron chi connectivity index (χ4n) is 2.72. The van der Waals surface area contributed by atoms with E-state index in [9.17, 15) is 4.79 Å². The van der Waals surface area contributed by atoms with Crippen LogP contribution in [0, 0.1) is 0 Å². The van der Waals surface area contributed by atoms with Crippen molar-refractivity contribution in [2.45, 2.75) is 31.3 Å². The number of nitrogens with zero attached hydrogens (tertiary/aromatic N) is 1. The van der Waals surface area contributed by atoms with E-state index in [1.807, 2.05) is 24.3 Å². The molecule has 0 unspecified atom stereocenters. The van der Waals surface area contributed by atoms with Gasteiger partial charge in [0, 0.05) is 6.04 Å². The lowest BCUT2D eigenvalue weighted by molar-refractivity contribution is -0.139. The quantitative estimate of drug-likeness (QED) is 0.827. The van der Waals surface area contributed by atoms with Crippen molar-refractivity contribution < 1.29 is 14.6 Å². The van der Waals surface area contributed by atoms with Crippen LogP contribution >= 0.6 is 0 Å². The summed E-state index contributed by atoms with van der Waals surface area (Å²) < 4.78 is 5.16. The average molecular weight is 278 g/mol. The molecule has 0 aromatic heterocycles. The van der Waals surface area contributed by atoms with Crippen LogP contribution in [0.4, 0.5) is 0 Å². The van der Waals surface area contributed by atoms with Gasteiger partial charge in [-0.2, -0.15) is 0 Å². The number of ether oxygens (including phenoxy) is 1. The highest BCUT2D eigenvalue weighted by Crippen LogP contribution is 2.30. The second-order valence-corrected chi connectivity index (χ2v) is 5.21. The topological polar surface area (TPSA) is 75.8 Å². The Morgan fingerprint density at radius 1 is 1.35 bits per heavy atom. The number of nitrogens with two attached hydrogens (primary N) is 1. The normalized spacial score (nSPS) is 18.7. The van der Waals surface area contributed by atoms with Gasteiger partial charge in [-0.3, -0.25) is 9.69 Å². The number of hydrogen-bond donors (Lipinski definition) is 2. The molecule has 1 aromatic rings. The van der Waals surface area contributed by atoms with Crippen molar-refractivity contribution in [3.8, 4) is 5.75 Å². The number of carboxylic acids is 1. The van der Waals surface area contributed by atoms with Gasteiger partial charge in [-0.25, -0.2) is 0 Å². The maximum absolute atomic E-state index is 11.0. The van der Waals surface area contributed by atoms with E-state index >= 15 is 0 Å². The van der Waals surface area contributed by atoms with E-state index in [-0.39, 0.29) is 6.04 Å². The number of carbonyl (C=O) groups is 1. The van der Waals surface area contributed by atoms with Crippen LogP contribution in [0.5, 0.6) is 5.75 Å². The van der Waals surface area contributed by atoms with Gasteiger partial charge in [-0.15, -0.1) is 0 Å². The number of aliphatic carboxylic acids is 1. The largest absolute Gasteiger partial charge is 0.497 e. The first-order chi connectivity index (χ1) is 9.61. The Morgan fingerprint density at radius 2 is 1.95 bits per heavy atom. The fourth-order valence-corrected chi connectivity index (χ4v) is 2.72. The average Bonchev–Trinajstić information content (AvgIpc) is 2.98. The molecule has 2 atom stereocenters. The molecule has 3 N–H and O–H groups in total. The predicted molar refractivity (Wildman–Crippen MR) is 76.8 cm³/mol. The van der Waals surface area contributed by atoms with Crippen LogP contribution in [0.3, 0.4) is 0 Å². The predicted octanol–water partition coefficient (Wildman–Crippen LogP) is 1.63. The van der Waals surface area contributed by atoms with Gasteiger partial charge in [0.1, 0.15) is 11.8 Å². The minimum absolute atomic E-state index is 0.0644. The summed E-state index contributed by atoms with van der Waals surface area (Å²) >= 11 is 0. The molecule has 2 rings (SSSR count). The molecule has 0 aliphatic carbocycles. The molecule has 0 bridgehead atoms. The van der Waals surface area contributed by atoms with Crippen molar-refractivity contribution in [2.24, 2.45) is 5.73 Å². The molecule has 1 fully saturated rings. The van der Waals surface area contributed by atoms with E-state index in [1.165, 1.54) is 0 Å². The Bertz CT molecular complexity index is 441. The highest BCUT2D eigenvalue weighted by molar-refractivity contribution is 5.73. The van der Waals surface area contributed by atoms with Crippen LogP contribution in [0.15, 0.2) is 24.3 Å². The number of methoxy groups -OCH3 is 1. The van der Waals surface area contributed by atoms with Gasteiger partial charge in [-0.05, 0) is 50.0 Å². The summed E-state index contributed by atoms with van der Waals surface area (Å²) in [6.45, 7) is 2.01. The number of hydrogen-bond acceptors (Lipinski definition) is 4. The van der Waals surface area contributed by atoms with Gasteiger partial charge in [0.25, 0.3) is 0 Å². The number of rotatable bonds is 6. The minimum Gasteiger partial charge on any atom is -0.497 e. The third kappa shape index (κ3) is 3.49. The van der Waals surface area contributed by atoms with Crippen molar-refractivity contribution in [1.29, 1.82) is 0 Å². The van der Waals surface area contributed by atoms with Crippen LogP contribution in [0.1, 0.15) is 30.9 Å². The third-order valence-electron chi connectivity index (χ3n) is 3.88. The molecule has 1 heterocycles. The van der Waals surface area contributed by atoms with Crippen molar-refractivity contribution in [3.05, 3.63) is 29.8 Å². The highest BCUT2D eigenvalue weighted by Gasteiger charge is 2.27. The summed E-state index contributed by atoms with van der Waals surface area (Å²) in [6.07, 6.45) is 2.76. The number of benzene rings is 1. The molecule has 5 heteroatoms. The summed E-state index contributed by atoms with van der Waals surface area (Å²) in [5.74, 6) is -0.140. The molecule has 1 aliphatic heterocycles. The standard InChI is InChI=1S/C15H22N2O3/c1-20-12-6-4-11(5-7-12)14(10-13(16)15(18)19)17-8-2-3-9-17/h4-7,13-14H,2-3,8-10,16H2,1H3,(H,18,19)/t13-,14-/m1/s1. The van der Waals surface area contributed by atoms with Gasteiger partial charge in [0.05, 0.1) is 7.11 Å². The van der Waals surface area contributed by atoms with Gasteiger partial charge < -0.3 is 15.6 Å². The van der Waals surface area contributed by atoms with Crippen molar-refractivity contribution in [2.75, 3.05) is 20.2 Å². The Morgan fingerprint density at radius 3 is 2.45 bits per heavy atom. The zero-order chi connectivity index (χ0) is 14.5. The summed E-state index contributed by atoms with van der Waals surface area (Å²) in [6, 6.07) is 7.04.